The van der Waals surface area contributed by atoms with Gasteiger partial charge in [0.2, 0.25) is 0 Å². The molecule has 132 valence electrons. The Morgan fingerprint density at radius 1 is 1.48 bits per heavy atom. The number of halogens is 1. The van der Waals surface area contributed by atoms with Crippen LogP contribution in [0.5, 0.6) is 11.5 Å². The van der Waals surface area contributed by atoms with E-state index in [4.69, 9.17) is 16.3 Å². The molecule has 1 saturated heterocycles. The fraction of sp³-hybridized carbons (Fsp3) is 0.200. The molecule has 25 heavy (non-hydrogen) atoms. The van der Waals surface area contributed by atoms with E-state index in [-0.39, 0.29) is 26.6 Å². The fourth-order valence-corrected chi connectivity index (χ4v) is 2.68. The minimum Gasteiger partial charge on any atom is -0.503 e. The van der Waals surface area contributed by atoms with Gasteiger partial charge in [-0.2, -0.15) is 5.10 Å². The first-order valence-electron chi connectivity index (χ1n) is 6.99. The standard InChI is InChI=1S/C15H14ClN3O5S/c1-3-24-10-5-8(4-9(16)13(10)21)7-17-19-15-18-14(22)11(25-15)6-12(20)23-2/h4-7,21H,3H2,1-2H3,(H,18,19,22)/b11-6+,17-7?. The molecule has 1 heterocycles. The molecule has 0 saturated carbocycles. The van der Waals surface area contributed by atoms with Crippen LogP contribution in [0.3, 0.4) is 0 Å². The maximum absolute atomic E-state index is 11.7. The fourth-order valence-electron chi connectivity index (χ4n) is 1.72. The van der Waals surface area contributed by atoms with E-state index in [1.165, 1.54) is 19.4 Å². The minimum atomic E-state index is -0.635. The van der Waals surface area contributed by atoms with Gasteiger partial charge in [0.25, 0.3) is 5.91 Å². The monoisotopic (exact) mass is 383 g/mol. The Labute approximate surface area is 152 Å². The van der Waals surface area contributed by atoms with Gasteiger partial charge in [0.1, 0.15) is 0 Å². The van der Waals surface area contributed by atoms with Gasteiger partial charge in [0.15, 0.2) is 16.7 Å². The SMILES string of the molecule is CCOc1cc(C=N/N=C2/NC(=O)/C(=C\C(=O)OC)S2)cc(Cl)c1O. The van der Waals surface area contributed by atoms with E-state index < -0.39 is 11.9 Å². The van der Waals surface area contributed by atoms with Crippen LogP contribution in [-0.2, 0) is 14.3 Å². The molecule has 2 N–H and O–H groups in total. The normalized spacial score (nSPS) is 17.3. The summed E-state index contributed by atoms with van der Waals surface area (Å²) in [5.74, 6) is -1.01. The number of aromatic hydroxyl groups is 1. The molecule has 0 aliphatic carbocycles. The highest BCUT2D eigenvalue weighted by Gasteiger charge is 2.25. The van der Waals surface area contributed by atoms with E-state index >= 15 is 0 Å². The molecule has 1 amide bonds. The number of carbonyl (C=O) groups excluding carboxylic acids is 2. The van der Waals surface area contributed by atoms with Crippen LogP contribution in [0.25, 0.3) is 0 Å². The summed E-state index contributed by atoms with van der Waals surface area (Å²) in [6, 6.07) is 3.05. The summed E-state index contributed by atoms with van der Waals surface area (Å²) in [5.41, 5.74) is 0.551. The second-order valence-electron chi connectivity index (χ2n) is 4.52. The van der Waals surface area contributed by atoms with Crippen molar-refractivity contribution in [1.29, 1.82) is 0 Å². The predicted octanol–water partition coefficient (Wildman–Crippen LogP) is 2.05. The maximum atomic E-state index is 11.7. The number of methoxy groups -OCH3 is 1. The van der Waals surface area contributed by atoms with Gasteiger partial charge in [-0.05, 0) is 30.8 Å². The predicted molar refractivity (Wildman–Crippen MR) is 95.1 cm³/mol. The van der Waals surface area contributed by atoms with Crippen LogP contribution >= 0.6 is 23.4 Å². The summed E-state index contributed by atoms with van der Waals surface area (Å²) in [6.45, 7) is 2.14. The van der Waals surface area contributed by atoms with Gasteiger partial charge in [-0.25, -0.2) is 4.79 Å². The summed E-state index contributed by atoms with van der Waals surface area (Å²) < 4.78 is 9.73. The van der Waals surface area contributed by atoms with Crippen LogP contribution in [0.1, 0.15) is 12.5 Å². The second kappa shape index (κ2) is 8.54. The first kappa shape index (κ1) is 18.8. The maximum Gasteiger partial charge on any atom is 0.331 e. The summed E-state index contributed by atoms with van der Waals surface area (Å²) in [7, 11) is 1.22. The third kappa shape index (κ3) is 4.97. The molecule has 1 aliphatic heterocycles. The number of amides is 1. The molecule has 1 aromatic rings. The number of amidine groups is 1. The highest BCUT2D eigenvalue weighted by atomic mass is 35.5. The first-order chi connectivity index (χ1) is 11.9. The largest absolute Gasteiger partial charge is 0.503 e. The van der Waals surface area contributed by atoms with Gasteiger partial charge in [-0.15, -0.1) is 5.10 Å². The zero-order chi connectivity index (χ0) is 18.4. The molecule has 10 heteroatoms. The molecule has 0 unspecified atom stereocenters. The lowest BCUT2D eigenvalue weighted by atomic mass is 10.2. The number of carbonyl (C=O) groups is 2. The number of thioether (sulfide) groups is 1. The average Bonchev–Trinajstić information content (AvgIpc) is 2.91. The van der Waals surface area contributed by atoms with Gasteiger partial charge in [-0.1, -0.05) is 11.6 Å². The number of phenolic OH excluding ortho intramolecular Hbond substituents is 1. The number of nitrogens with zero attached hydrogens (tertiary/aromatic N) is 2. The number of hydrogen-bond acceptors (Lipinski definition) is 8. The quantitative estimate of drug-likeness (QED) is 0.348. The molecule has 1 aliphatic rings. The Kier molecular flexibility index (Phi) is 6.43. The zero-order valence-corrected chi connectivity index (χ0v) is 14.8. The van der Waals surface area contributed by atoms with Gasteiger partial charge >= 0.3 is 5.97 Å². The molecule has 0 atom stereocenters. The van der Waals surface area contributed by atoms with Crippen LogP contribution in [-0.4, -0.2) is 42.1 Å². The smallest absolute Gasteiger partial charge is 0.331 e. The minimum absolute atomic E-state index is 0.117. The van der Waals surface area contributed by atoms with E-state index in [1.807, 2.05) is 0 Å². The van der Waals surface area contributed by atoms with Crippen molar-refractivity contribution < 1.29 is 24.2 Å². The lowest BCUT2D eigenvalue weighted by Crippen LogP contribution is -2.19. The number of benzene rings is 1. The number of esters is 1. The third-order valence-electron chi connectivity index (χ3n) is 2.81. The Bertz CT molecular complexity index is 792. The molecule has 8 nitrogen and oxygen atoms in total. The summed E-state index contributed by atoms with van der Waals surface area (Å²) in [4.78, 5) is 23.0. The van der Waals surface area contributed by atoms with Crippen molar-refractivity contribution in [2.75, 3.05) is 13.7 Å². The summed E-state index contributed by atoms with van der Waals surface area (Å²) >= 11 is 6.88. The van der Waals surface area contributed by atoms with E-state index in [0.29, 0.717) is 12.2 Å². The molecular weight excluding hydrogens is 370 g/mol. The molecule has 0 bridgehead atoms. The summed E-state index contributed by atoms with van der Waals surface area (Å²) in [5, 5.41) is 20.3. The molecule has 1 aromatic carbocycles. The molecule has 0 aromatic heterocycles. The van der Waals surface area contributed by atoms with Crippen molar-refractivity contribution in [2.45, 2.75) is 6.92 Å². The Morgan fingerprint density at radius 2 is 2.24 bits per heavy atom. The van der Waals surface area contributed by atoms with Crippen LogP contribution < -0.4 is 10.1 Å². The van der Waals surface area contributed by atoms with Gasteiger partial charge in [-0.3, -0.25) is 10.1 Å². The second-order valence-corrected chi connectivity index (χ2v) is 5.96. The van der Waals surface area contributed by atoms with Gasteiger partial charge in [0.05, 0.1) is 29.9 Å². The Balaban J connectivity index is 2.13. The molecule has 0 radical (unpaired) electrons. The lowest BCUT2D eigenvalue weighted by Gasteiger charge is -2.07. The zero-order valence-electron chi connectivity index (χ0n) is 13.3. The van der Waals surface area contributed by atoms with Gasteiger partial charge in [0, 0.05) is 11.6 Å². The van der Waals surface area contributed by atoms with E-state index in [0.717, 1.165) is 17.8 Å². The lowest BCUT2D eigenvalue weighted by molar-refractivity contribution is -0.135. The number of phenols is 1. The van der Waals surface area contributed by atoms with Crippen LogP contribution in [0, 0.1) is 0 Å². The highest BCUT2D eigenvalue weighted by Crippen LogP contribution is 2.34. The number of nitrogens with one attached hydrogen (secondary N) is 1. The van der Waals surface area contributed by atoms with Crippen LogP contribution in [0.15, 0.2) is 33.3 Å². The number of ether oxygens (including phenoxy) is 2. The van der Waals surface area contributed by atoms with Crippen molar-refractivity contribution in [2.24, 2.45) is 10.2 Å². The van der Waals surface area contributed by atoms with Crippen LogP contribution in [0.4, 0.5) is 0 Å². The van der Waals surface area contributed by atoms with Crippen molar-refractivity contribution in [3.63, 3.8) is 0 Å². The number of rotatable bonds is 5. The van der Waals surface area contributed by atoms with E-state index in [9.17, 15) is 14.7 Å². The van der Waals surface area contributed by atoms with Crippen LogP contribution in [0.2, 0.25) is 5.02 Å². The third-order valence-corrected chi connectivity index (χ3v) is 4.00. The summed E-state index contributed by atoms with van der Waals surface area (Å²) in [6.07, 6.45) is 2.45. The van der Waals surface area contributed by atoms with Crippen molar-refractivity contribution in [3.05, 3.63) is 33.7 Å². The number of hydrogen-bond donors (Lipinski definition) is 2. The molecular formula is C15H14ClN3O5S. The first-order valence-corrected chi connectivity index (χ1v) is 8.19. The Hall–Kier alpha value is -2.52. The molecule has 0 spiro atoms. The van der Waals surface area contributed by atoms with Crippen molar-refractivity contribution in [1.82, 2.24) is 5.32 Å². The topological polar surface area (TPSA) is 110 Å². The average molecular weight is 384 g/mol. The van der Waals surface area contributed by atoms with Crippen molar-refractivity contribution >= 4 is 46.6 Å². The van der Waals surface area contributed by atoms with Gasteiger partial charge < -0.3 is 14.6 Å². The van der Waals surface area contributed by atoms with E-state index in [1.54, 1.807) is 13.0 Å². The molecule has 1 fully saturated rings. The van der Waals surface area contributed by atoms with Crippen molar-refractivity contribution in [3.8, 4) is 11.5 Å². The molecule has 2 rings (SSSR count). The van der Waals surface area contributed by atoms with E-state index in [2.05, 4.69) is 20.3 Å². The highest BCUT2D eigenvalue weighted by molar-refractivity contribution is 8.18. The Morgan fingerprint density at radius 3 is 2.92 bits per heavy atom.